The lowest BCUT2D eigenvalue weighted by Gasteiger charge is -2.29. The van der Waals surface area contributed by atoms with Crippen LogP contribution in [0.15, 0.2) is 24.3 Å². The molecular weight excluding hydrogens is 266 g/mol. The summed E-state index contributed by atoms with van der Waals surface area (Å²) in [5.74, 6) is 0.808. The molecule has 1 aromatic carbocycles. The zero-order valence-corrected chi connectivity index (χ0v) is 12.8. The second kappa shape index (κ2) is 7.78. The number of unbranched alkanes of at least 4 members (excludes halogenated alkanes) is 1. The van der Waals surface area contributed by atoms with E-state index in [1.54, 1.807) is 0 Å². The van der Waals surface area contributed by atoms with Gasteiger partial charge in [-0.05, 0) is 56.7 Å². The predicted octanol–water partition coefficient (Wildman–Crippen LogP) is 2.23. The van der Waals surface area contributed by atoms with Crippen LogP contribution in [0.25, 0.3) is 0 Å². The molecular formula is C17H27NO3. The van der Waals surface area contributed by atoms with E-state index < -0.39 is 0 Å². The lowest BCUT2D eigenvalue weighted by Crippen LogP contribution is -2.46. The maximum absolute atomic E-state index is 9.54. The third-order valence-electron chi connectivity index (χ3n) is 3.95. The molecule has 0 amide bonds. The molecule has 1 atom stereocenters. The van der Waals surface area contributed by atoms with Gasteiger partial charge in [0.2, 0.25) is 0 Å². The van der Waals surface area contributed by atoms with Crippen LogP contribution in [0.5, 0.6) is 5.75 Å². The molecule has 2 rings (SSSR count). The highest BCUT2D eigenvalue weighted by molar-refractivity contribution is 5.27. The predicted molar refractivity (Wildman–Crippen MR) is 83.4 cm³/mol. The monoisotopic (exact) mass is 293 g/mol. The SMILES string of the molecule is CC(CO)(CCCCOc1cccc(CO)c1)NC1CC1. The minimum absolute atomic E-state index is 0.0406. The molecule has 0 spiro atoms. The fourth-order valence-corrected chi connectivity index (χ4v) is 2.46. The number of ether oxygens (including phenoxy) is 1. The van der Waals surface area contributed by atoms with E-state index in [4.69, 9.17) is 9.84 Å². The van der Waals surface area contributed by atoms with Gasteiger partial charge in [0.15, 0.2) is 0 Å². The third kappa shape index (κ3) is 5.65. The highest BCUT2D eigenvalue weighted by atomic mass is 16.5. The fourth-order valence-electron chi connectivity index (χ4n) is 2.46. The van der Waals surface area contributed by atoms with E-state index in [-0.39, 0.29) is 18.8 Å². The Kier molecular flexibility index (Phi) is 6.03. The van der Waals surface area contributed by atoms with Crippen LogP contribution in [0.4, 0.5) is 0 Å². The van der Waals surface area contributed by atoms with Gasteiger partial charge >= 0.3 is 0 Å². The lowest BCUT2D eigenvalue weighted by atomic mass is 9.95. The number of nitrogens with one attached hydrogen (secondary N) is 1. The van der Waals surface area contributed by atoms with Crippen LogP contribution in [0.3, 0.4) is 0 Å². The Morgan fingerprint density at radius 3 is 2.76 bits per heavy atom. The molecule has 0 bridgehead atoms. The molecule has 0 aliphatic heterocycles. The summed E-state index contributed by atoms with van der Waals surface area (Å²) < 4.78 is 5.70. The quantitative estimate of drug-likeness (QED) is 0.579. The molecule has 0 radical (unpaired) electrons. The van der Waals surface area contributed by atoms with Crippen LogP contribution >= 0.6 is 0 Å². The number of rotatable bonds is 10. The van der Waals surface area contributed by atoms with Crippen molar-refractivity contribution < 1.29 is 14.9 Å². The van der Waals surface area contributed by atoms with E-state index in [1.807, 2.05) is 24.3 Å². The van der Waals surface area contributed by atoms with Crippen molar-refractivity contribution in [2.45, 2.75) is 57.2 Å². The summed E-state index contributed by atoms with van der Waals surface area (Å²) in [7, 11) is 0. The summed E-state index contributed by atoms with van der Waals surface area (Å²) in [4.78, 5) is 0. The topological polar surface area (TPSA) is 61.7 Å². The molecule has 4 nitrogen and oxygen atoms in total. The smallest absolute Gasteiger partial charge is 0.119 e. The third-order valence-corrected chi connectivity index (χ3v) is 3.95. The Morgan fingerprint density at radius 2 is 2.10 bits per heavy atom. The van der Waals surface area contributed by atoms with Gasteiger partial charge in [-0.3, -0.25) is 0 Å². The number of hydrogen-bond acceptors (Lipinski definition) is 4. The van der Waals surface area contributed by atoms with E-state index in [1.165, 1.54) is 12.8 Å². The molecule has 0 heterocycles. The van der Waals surface area contributed by atoms with Gasteiger partial charge in [-0.2, -0.15) is 0 Å². The summed E-state index contributed by atoms with van der Waals surface area (Å²) in [6.07, 6.45) is 5.42. The average molecular weight is 293 g/mol. The molecule has 0 aromatic heterocycles. The molecule has 1 fully saturated rings. The molecule has 1 saturated carbocycles. The van der Waals surface area contributed by atoms with Crippen molar-refractivity contribution in [1.82, 2.24) is 5.32 Å². The van der Waals surface area contributed by atoms with E-state index in [2.05, 4.69) is 12.2 Å². The molecule has 1 aliphatic carbocycles. The maximum Gasteiger partial charge on any atom is 0.119 e. The Labute approximate surface area is 127 Å². The average Bonchev–Trinajstić information content (AvgIpc) is 3.31. The summed E-state index contributed by atoms with van der Waals surface area (Å²) in [6.45, 7) is 2.98. The van der Waals surface area contributed by atoms with E-state index >= 15 is 0 Å². The first-order chi connectivity index (χ1) is 10.1. The van der Waals surface area contributed by atoms with Crippen LogP contribution in [0.2, 0.25) is 0 Å². The molecule has 1 aliphatic rings. The highest BCUT2D eigenvalue weighted by Gasteiger charge is 2.31. The van der Waals surface area contributed by atoms with Crippen molar-refractivity contribution >= 4 is 0 Å². The van der Waals surface area contributed by atoms with E-state index in [0.29, 0.717) is 12.6 Å². The van der Waals surface area contributed by atoms with Crippen molar-refractivity contribution in [3.05, 3.63) is 29.8 Å². The zero-order chi connectivity index (χ0) is 15.1. The van der Waals surface area contributed by atoms with Crippen molar-refractivity contribution in [1.29, 1.82) is 0 Å². The number of hydrogen-bond donors (Lipinski definition) is 3. The first kappa shape index (κ1) is 16.3. The zero-order valence-electron chi connectivity index (χ0n) is 12.8. The van der Waals surface area contributed by atoms with Gasteiger partial charge in [0, 0.05) is 11.6 Å². The molecule has 118 valence electrons. The summed E-state index contributed by atoms with van der Waals surface area (Å²) in [5.41, 5.74) is 0.715. The first-order valence-corrected chi connectivity index (χ1v) is 7.86. The molecule has 4 heteroatoms. The van der Waals surface area contributed by atoms with Gasteiger partial charge in [0.05, 0.1) is 19.8 Å². The van der Waals surface area contributed by atoms with Gasteiger partial charge in [0.1, 0.15) is 5.75 Å². The molecule has 0 saturated heterocycles. The summed E-state index contributed by atoms with van der Waals surface area (Å²) in [5, 5.41) is 22.1. The standard InChI is InChI=1S/C17H27NO3/c1-17(13-20,18-15-7-8-15)9-2-3-10-21-16-6-4-5-14(11-16)12-19/h4-6,11,15,18-20H,2-3,7-10,12-13H2,1H3. The number of aliphatic hydroxyl groups excluding tert-OH is 2. The van der Waals surface area contributed by atoms with Crippen LogP contribution < -0.4 is 10.1 Å². The Bertz CT molecular complexity index is 434. The Balaban J connectivity index is 1.64. The largest absolute Gasteiger partial charge is 0.494 e. The summed E-state index contributed by atoms with van der Waals surface area (Å²) >= 11 is 0. The van der Waals surface area contributed by atoms with Crippen molar-refractivity contribution in [3.8, 4) is 5.75 Å². The van der Waals surface area contributed by atoms with Crippen LogP contribution in [-0.2, 0) is 6.61 Å². The second-order valence-electron chi connectivity index (χ2n) is 6.25. The van der Waals surface area contributed by atoms with Gasteiger partial charge in [-0.15, -0.1) is 0 Å². The van der Waals surface area contributed by atoms with Gasteiger partial charge in [-0.1, -0.05) is 12.1 Å². The molecule has 1 aromatic rings. The van der Waals surface area contributed by atoms with Gasteiger partial charge in [0.25, 0.3) is 0 Å². The van der Waals surface area contributed by atoms with Crippen molar-refractivity contribution in [2.24, 2.45) is 0 Å². The Morgan fingerprint density at radius 1 is 1.29 bits per heavy atom. The fraction of sp³-hybridized carbons (Fsp3) is 0.647. The molecule has 3 N–H and O–H groups in total. The van der Waals surface area contributed by atoms with Gasteiger partial charge in [-0.25, -0.2) is 0 Å². The molecule has 21 heavy (non-hydrogen) atoms. The Hall–Kier alpha value is -1.10. The highest BCUT2D eigenvalue weighted by Crippen LogP contribution is 2.25. The second-order valence-corrected chi connectivity index (χ2v) is 6.25. The van der Waals surface area contributed by atoms with Gasteiger partial charge < -0.3 is 20.3 Å². The van der Waals surface area contributed by atoms with Crippen LogP contribution in [-0.4, -0.2) is 35.0 Å². The normalized spacial score (nSPS) is 17.5. The van der Waals surface area contributed by atoms with E-state index in [9.17, 15) is 5.11 Å². The van der Waals surface area contributed by atoms with Crippen molar-refractivity contribution in [3.63, 3.8) is 0 Å². The number of aliphatic hydroxyl groups is 2. The minimum atomic E-state index is -0.155. The first-order valence-electron chi connectivity index (χ1n) is 7.86. The minimum Gasteiger partial charge on any atom is -0.494 e. The van der Waals surface area contributed by atoms with Crippen LogP contribution in [0, 0.1) is 0 Å². The maximum atomic E-state index is 9.54. The van der Waals surface area contributed by atoms with E-state index in [0.717, 1.165) is 30.6 Å². The van der Waals surface area contributed by atoms with Crippen molar-refractivity contribution in [2.75, 3.05) is 13.2 Å². The van der Waals surface area contributed by atoms with Crippen LogP contribution in [0.1, 0.15) is 44.6 Å². The summed E-state index contributed by atoms with van der Waals surface area (Å²) in [6, 6.07) is 8.16. The lowest BCUT2D eigenvalue weighted by molar-refractivity contribution is 0.158. The number of benzene rings is 1. The molecule has 1 unspecified atom stereocenters.